The molecule has 6 heteroatoms. The molecule has 0 radical (unpaired) electrons. The van der Waals surface area contributed by atoms with E-state index < -0.39 is 11.9 Å². The standard InChI is InChI=1S/C23H26N2O4/c1-4-29-23(28)19-7-5-6-8-20(19)25-14-17(13-21(25)26)22(27)24-18-11-9-16(10-12-18)15(2)3/h5-12,15,17H,4,13-14H2,1-3H3,(H,24,27). The van der Waals surface area contributed by atoms with Crippen LogP contribution in [0.15, 0.2) is 48.5 Å². The minimum Gasteiger partial charge on any atom is -0.462 e. The summed E-state index contributed by atoms with van der Waals surface area (Å²) in [5.74, 6) is -0.930. The lowest BCUT2D eigenvalue weighted by Crippen LogP contribution is -2.29. The Kier molecular flexibility index (Phi) is 6.32. The molecule has 0 spiro atoms. The zero-order valence-electron chi connectivity index (χ0n) is 17.0. The molecule has 0 aliphatic carbocycles. The highest BCUT2D eigenvalue weighted by molar-refractivity contribution is 6.07. The number of nitrogens with zero attached hydrogens (tertiary/aromatic N) is 1. The van der Waals surface area contributed by atoms with Gasteiger partial charge < -0.3 is 15.0 Å². The van der Waals surface area contributed by atoms with Gasteiger partial charge in [-0.25, -0.2) is 4.79 Å². The largest absolute Gasteiger partial charge is 0.462 e. The molecule has 1 aliphatic rings. The molecule has 1 fully saturated rings. The quantitative estimate of drug-likeness (QED) is 0.752. The van der Waals surface area contributed by atoms with Gasteiger partial charge in [0.25, 0.3) is 0 Å². The Bertz CT molecular complexity index is 905. The molecule has 0 aromatic heterocycles. The van der Waals surface area contributed by atoms with Crippen molar-refractivity contribution in [3.8, 4) is 0 Å². The van der Waals surface area contributed by atoms with Gasteiger partial charge in [-0.1, -0.05) is 38.1 Å². The van der Waals surface area contributed by atoms with Crippen molar-refractivity contribution in [2.75, 3.05) is 23.4 Å². The summed E-state index contributed by atoms with van der Waals surface area (Å²) >= 11 is 0. The van der Waals surface area contributed by atoms with Gasteiger partial charge in [-0.15, -0.1) is 0 Å². The van der Waals surface area contributed by atoms with Crippen LogP contribution >= 0.6 is 0 Å². The minimum absolute atomic E-state index is 0.104. The van der Waals surface area contributed by atoms with Crippen LogP contribution in [0, 0.1) is 5.92 Å². The Morgan fingerprint density at radius 2 is 1.83 bits per heavy atom. The fraction of sp³-hybridized carbons (Fsp3) is 0.348. The van der Waals surface area contributed by atoms with Crippen LogP contribution in [0.25, 0.3) is 0 Å². The van der Waals surface area contributed by atoms with E-state index in [2.05, 4.69) is 19.2 Å². The van der Waals surface area contributed by atoms with E-state index in [0.717, 1.165) is 0 Å². The monoisotopic (exact) mass is 394 g/mol. The predicted octanol–water partition coefficient (Wildman–Crippen LogP) is 3.98. The van der Waals surface area contributed by atoms with Crippen LogP contribution in [0.2, 0.25) is 0 Å². The lowest BCUT2D eigenvalue weighted by Gasteiger charge is -2.19. The zero-order valence-corrected chi connectivity index (χ0v) is 17.0. The SMILES string of the molecule is CCOC(=O)c1ccccc1N1CC(C(=O)Nc2ccc(C(C)C)cc2)CC1=O. The highest BCUT2D eigenvalue weighted by Gasteiger charge is 2.36. The van der Waals surface area contributed by atoms with Crippen molar-refractivity contribution in [2.24, 2.45) is 5.92 Å². The molecular formula is C23H26N2O4. The molecule has 1 atom stereocenters. The Balaban J connectivity index is 1.72. The predicted molar refractivity (Wildman–Crippen MR) is 112 cm³/mol. The van der Waals surface area contributed by atoms with Crippen molar-refractivity contribution >= 4 is 29.2 Å². The third-order valence-corrected chi connectivity index (χ3v) is 5.03. The lowest BCUT2D eigenvalue weighted by molar-refractivity contribution is -0.122. The summed E-state index contributed by atoms with van der Waals surface area (Å²) in [5, 5.41) is 2.89. The second-order valence-electron chi connectivity index (χ2n) is 7.41. The number of esters is 1. The van der Waals surface area contributed by atoms with Crippen molar-refractivity contribution in [3.05, 3.63) is 59.7 Å². The van der Waals surface area contributed by atoms with Gasteiger partial charge >= 0.3 is 5.97 Å². The third kappa shape index (κ3) is 4.65. The van der Waals surface area contributed by atoms with Gasteiger partial charge in [0, 0.05) is 18.7 Å². The van der Waals surface area contributed by atoms with E-state index in [1.807, 2.05) is 24.3 Å². The number of nitrogens with one attached hydrogen (secondary N) is 1. The number of carbonyl (C=O) groups excluding carboxylic acids is 3. The summed E-state index contributed by atoms with van der Waals surface area (Å²) in [6.07, 6.45) is 0.104. The van der Waals surface area contributed by atoms with Crippen LogP contribution in [-0.4, -0.2) is 30.9 Å². The molecule has 3 rings (SSSR count). The molecule has 0 bridgehead atoms. The highest BCUT2D eigenvalue weighted by atomic mass is 16.5. The number of anilines is 2. The fourth-order valence-electron chi connectivity index (χ4n) is 3.40. The second-order valence-corrected chi connectivity index (χ2v) is 7.41. The van der Waals surface area contributed by atoms with Gasteiger partial charge in [0.05, 0.1) is 23.8 Å². The van der Waals surface area contributed by atoms with Crippen LogP contribution in [0.3, 0.4) is 0 Å². The Labute approximate surface area is 170 Å². The van der Waals surface area contributed by atoms with Crippen LogP contribution < -0.4 is 10.2 Å². The lowest BCUT2D eigenvalue weighted by atomic mass is 10.0. The number of benzene rings is 2. The van der Waals surface area contributed by atoms with Crippen molar-refractivity contribution in [1.29, 1.82) is 0 Å². The molecule has 1 aliphatic heterocycles. The third-order valence-electron chi connectivity index (χ3n) is 5.03. The zero-order chi connectivity index (χ0) is 21.0. The van der Waals surface area contributed by atoms with Gasteiger partial charge in [-0.2, -0.15) is 0 Å². The van der Waals surface area contributed by atoms with Crippen molar-refractivity contribution in [3.63, 3.8) is 0 Å². The highest BCUT2D eigenvalue weighted by Crippen LogP contribution is 2.29. The van der Waals surface area contributed by atoms with Gasteiger partial charge in [0.1, 0.15) is 0 Å². The summed E-state index contributed by atoms with van der Waals surface area (Å²) in [6.45, 7) is 6.43. The average Bonchev–Trinajstić information content (AvgIpc) is 3.10. The van der Waals surface area contributed by atoms with Gasteiger partial charge in [-0.05, 0) is 42.7 Å². The smallest absolute Gasteiger partial charge is 0.340 e. The molecule has 1 unspecified atom stereocenters. The molecule has 29 heavy (non-hydrogen) atoms. The van der Waals surface area contributed by atoms with E-state index in [0.29, 0.717) is 22.9 Å². The first-order valence-electron chi connectivity index (χ1n) is 9.88. The number of ether oxygens (including phenoxy) is 1. The van der Waals surface area contributed by atoms with E-state index in [1.54, 1.807) is 31.2 Å². The first-order valence-corrected chi connectivity index (χ1v) is 9.88. The topological polar surface area (TPSA) is 75.7 Å². The normalized spacial score (nSPS) is 16.2. The van der Waals surface area contributed by atoms with E-state index in [4.69, 9.17) is 4.74 Å². The van der Waals surface area contributed by atoms with Crippen molar-refractivity contribution < 1.29 is 19.1 Å². The number of hydrogen-bond acceptors (Lipinski definition) is 4. The van der Waals surface area contributed by atoms with Crippen molar-refractivity contribution in [2.45, 2.75) is 33.1 Å². The second kappa shape index (κ2) is 8.90. The summed E-state index contributed by atoms with van der Waals surface area (Å²) in [4.78, 5) is 39.0. The number of rotatable bonds is 6. The molecule has 2 aromatic rings. The van der Waals surface area contributed by atoms with E-state index in [-0.39, 0.29) is 31.4 Å². The Hall–Kier alpha value is -3.15. The molecule has 1 saturated heterocycles. The van der Waals surface area contributed by atoms with Gasteiger partial charge in [0.2, 0.25) is 11.8 Å². The maximum atomic E-state index is 12.7. The van der Waals surface area contributed by atoms with Crippen LogP contribution in [-0.2, 0) is 14.3 Å². The number of carbonyl (C=O) groups is 3. The molecular weight excluding hydrogens is 368 g/mol. The number of amides is 2. The molecule has 1 heterocycles. The average molecular weight is 394 g/mol. The van der Waals surface area contributed by atoms with E-state index >= 15 is 0 Å². The first-order chi connectivity index (χ1) is 13.9. The minimum atomic E-state index is -0.484. The summed E-state index contributed by atoms with van der Waals surface area (Å²) < 4.78 is 5.09. The molecule has 2 amide bonds. The summed E-state index contributed by atoms with van der Waals surface area (Å²) in [5.41, 5.74) is 2.71. The van der Waals surface area contributed by atoms with Crippen molar-refractivity contribution in [1.82, 2.24) is 0 Å². The fourth-order valence-corrected chi connectivity index (χ4v) is 3.40. The Morgan fingerprint density at radius 1 is 1.14 bits per heavy atom. The van der Waals surface area contributed by atoms with Crippen LogP contribution in [0.5, 0.6) is 0 Å². The maximum Gasteiger partial charge on any atom is 0.340 e. The van der Waals surface area contributed by atoms with E-state index in [9.17, 15) is 14.4 Å². The van der Waals surface area contributed by atoms with Gasteiger partial charge in [0.15, 0.2) is 0 Å². The number of hydrogen-bond donors (Lipinski definition) is 1. The molecule has 6 nitrogen and oxygen atoms in total. The first kappa shape index (κ1) is 20.6. The maximum absolute atomic E-state index is 12.7. The molecule has 152 valence electrons. The molecule has 2 aromatic carbocycles. The number of para-hydroxylation sites is 1. The summed E-state index contributed by atoms with van der Waals surface area (Å²) in [7, 11) is 0. The summed E-state index contributed by atoms with van der Waals surface area (Å²) in [6, 6.07) is 14.5. The Morgan fingerprint density at radius 3 is 2.48 bits per heavy atom. The van der Waals surface area contributed by atoms with Crippen LogP contribution in [0.4, 0.5) is 11.4 Å². The van der Waals surface area contributed by atoms with Gasteiger partial charge in [-0.3, -0.25) is 9.59 Å². The van der Waals surface area contributed by atoms with E-state index in [1.165, 1.54) is 10.5 Å². The molecule has 0 saturated carbocycles. The van der Waals surface area contributed by atoms with Crippen LogP contribution in [0.1, 0.15) is 49.0 Å². The molecule has 1 N–H and O–H groups in total.